The number of aromatic nitrogens is 3. The summed E-state index contributed by atoms with van der Waals surface area (Å²) >= 11 is 1.52. The molecule has 1 atom stereocenters. The van der Waals surface area contributed by atoms with Crippen LogP contribution in [0.4, 0.5) is 5.69 Å². The van der Waals surface area contributed by atoms with Gasteiger partial charge in [-0.15, -0.1) is 10.2 Å². The topological polar surface area (TPSA) is 78.4 Å². The number of hydrogen-bond acceptors (Lipinski definition) is 8. The summed E-state index contributed by atoms with van der Waals surface area (Å²) in [5.74, 6) is 2.51. The minimum Gasteiger partial charge on any atom is -0.497 e. The van der Waals surface area contributed by atoms with E-state index in [2.05, 4.69) is 46.7 Å². The van der Waals surface area contributed by atoms with Gasteiger partial charge in [0.25, 0.3) is 0 Å². The first-order valence-electron chi connectivity index (χ1n) is 10.8. The Morgan fingerprint density at radius 2 is 1.79 bits per heavy atom. The first-order chi connectivity index (χ1) is 16.6. The smallest absolute Gasteiger partial charge is 0.247 e. The van der Waals surface area contributed by atoms with Crippen LogP contribution in [0.1, 0.15) is 22.9 Å². The van der Waals surface area contributed by atoms with Gasteiger partial charge in [-0.3, -0.25) is 0 Å². The van der Waals surface area contributed by atoms with Gasteiger partial charge in [-0.1, -0.05) is 59.8 Å². The van der Waals surface area contributed by atoms with E-state index in [9.17, 15) is 0 Å². The van der Waals surface area contributed by atoms with Crippen molar-refractivity contribution < 1.29 is 14.2 Å². The maximum absolute atomic E-state index is 6.39. The molecular formula is C26H24N4O3S. The molecule has 7 nitrogen and oxygen atoms in total. The Hall–Kier alpha value is -3.78. The molecule has 0 bridgehead atoms. The molecule has 1 aliphatic rings. The van der Waals surface area contributed by atoms with E-state index in [0.29, 0.717) is 28.2 Å². The van der Waals surface area contributed by atoms with Crippen LogP contribution in [-0.4, -0.2) is 29.4 Å². The highest BCUT2D eigenvalue weighted by Crippen LogP contribution is 2.41. The lowest BCUT2D eigenvalue weighted by atomic mass is 10.1. The van der Waals surface area contributed by atoms with Crippen molar-refractivity contribution in [3.05, 3.63) is 83.4 Å². The number of ether oxygens (including phenoxy) is 3. The van der Waals surface area contributed by atoms with Gasteiger partial charge >= 0.3 is 0 Å². The Morgan fingerprint density at radius 3 is 2.59 bits per heavy atom. The van der Waals surface area contributed by atoms with Crippen LogP contribution in [0.25, 0.3) is 11.3 Å². The average molecular weight is 473 g/mol. The van der Waals surface area contributed by atoms with E-state index < -0.39 is 6.23 Å². The highest BCUT2D eigenvalue weighted by molar-refractivity contribution is 7.98. The SMILES string of the molecule is COc1ccc(C2Nc3ccccc3-c3nnc(SCc4ccc(C)cc4)nc3O2)c(OC)c1. The van der Waals surface area contributed by atoms with Crippen LogP contribution in [-0.2, 0) is 5.75 Å². The number of aryl methyl sites for hydroxylation is 1. The Bertz CT molecular complexity index is 1310. The summed E-state index contributed by atoms with van der Waals surface area (Å²) in [5, 5.41) is 12.9. The molecule has 4 aromatic rings. The summed E-state index contributed by atoms with van der Waals surface area (Å²) < 4.78 is 17.4. The molecule has 0 saturated heterocycles. The molecule has 1 N–H and O–H groups in total. The zero-order chi connectivity index (χ0) is 23.5. The van der Waals surface area contributed by atoms with Crippen molar-refractivity contribution in [2.75, 3.05) is 19.5 Å². The van der Waals surface area contributed by atoms with Crippen LogP contribution in [0, 0.1) is 6.92 Å². The van der Waals surface area contributed by atoms with Gasteiger partial charge in [0.05, 0.1) is 19.8 Å². The number of methoxy groups -OCH3 is 2. The maximum atomic E-state index is 6.39. The zero-order valence-electron chi connectivity index (χ0n) is 19.1. The Morgan fingerprint density at radius 1 is 0.971 bits per heavy atom. The molecule has 3 aromatic carbocycles. The van der Waals surface area contributed by atoms with E-state index in [1.807, 2.05) is 42.5 Å². The van der Waals surface area contributed by atoms with Crippen molar-refractivity contribution in [3.8, 4) is 28.6 Å². The Labute approximate surface area is 202 Å². The van der Waals surface area contributed by atoms with Crippen molar-refractivity contribution >= 4 is 17.4 Å². The van der Waals surface area contributed by atoms with Crippen LogP contribution in [0.15, 0.2) is 71.9 Å². The van der Waals surface area contributed by atoms with Crippen molar-refractivity contribution in [1.82, 2.24) is 15.2 Å². The molecular weight excluding hydrogens is 448 g/mol. The standard InChI is InChI=1S/C26H24N4O3S/c1-16-8-10-17(11-9-16)15-34-26-28-25-23(29-30-26)19-6-4-5-7-21(19)27-24(33-25)20-13-12-18(31-2)14-22(20)32-3/h4-14,24,27H,15H2,1-3H3. The van der Waals surface area contributed by atoms with E-state index in [0.717, 1.165) is 22.6 Å². The van der Waals surface area contributed by atoms with Gasteiger partial charge in [-0.2, -0.15) is 4.98 Å². The number of nitrogens with zero attached hydrogens (tertiary/aromatic N) is 3. The first-order valence-corrected chi connectivity index (χ1v) is 11.8. The monoisotopic (exact) mass is 472 g/mol. The van der Waals surface area contributed by atoms with Crippen LogP contribution in [0.3, 0.4) is 0 Å². The van der Waals surface area contributed by atoms with E-state index in [4.69, 9.17) is 19.2 Å². The summed E-state index contributed by atoms with van der Waals surface area (Å²) in [6.45, 7) is 2.08. The normalized spacial score (nSPS) is 14.1. The molecule has 0 fully saturated rings. The lowest BCUT2D eigenvalue weighted by Crippen LogP contribution is -2.18. The third kappa shape index (κ3) is 4.49. The second-order valence-electron chi connectivity index (χ2n) is 7.82. The van der Waals surface area contributed by atoms with Crippen LogP contribution < -0.4 is 19.5 Å². The summed E-state index contributed by atoms with van der Waals surface area (Å²) in [4.78, 5) is 4.73. The molecule has 1 aromatic heterocycles. The number of thioether (sulfide) groups is 1. The van der Waals surface area contributed by atoms with Gasteiger partial charge in [0, 0.05) is 23.1 Å². The molecule has 8 heteroatoms. The fourth-order valence-corrected chi connectivity index (χ4v) is 4.45. The van der Waals surface area contributed by atoms with Crippen molar-refractivity contribution in [1.29, 1.82) is 0 Å². The number of anilines is 1. The second kappa shape index (κ2) is 9.61. The summed E-state index contributed by atoms with van der Waals surface area (Å²) in [6, 6.07) is 21.9. The molecule has 172 valence electrons. The molecule has 0 radical (unpaired) electrons. The minimum absolute atomic E-state index is 0.418. The van der Waals surface area contributed by atoms with E-state index in [1.54, 1.807) is 14.2 Å². The van der Waals surface area contributed by atoms with Gasteiger partial charge < -0.3 is 19.5 Å². The first kappa shape index (κ1) is 22.0. The van der Waals surface area contributed by atoms with Gasteiger partial charge in [0.2, 0.25) is 17.3 Å². The molecule has 0 aliphatic carbocycles. The summed E-state index contributed by atoms with van der Waals surface area (Å²) in [6.07, 6.45) is -0.546. The van der Waals surface area contributed by atoms with E-state index in [-0.39, 0.29) is 0 Å². The summed E-state index contributed by atoms with van der Waals surface area (Å²) in [5.41, 5.74) is 5.60. The van der Waals surface area contributed by atoms with Crippen LogP contribution in [0.2, 0.25) is 0 Å². The number of benzene rings is 3. The van der Waals surface area contributed by atoms with Crippen LogP contribution >= 0.6 is 11.8 Å². The molecule has 34 heavy (non-hydrogen) atoms. The van der Waals surface area contributed by atoms with Gasteiger partial charge in [-0.05, 0) is 30.7 Å². The molecule has 1 aliphatic heterocycles. The van der Waals surface area contributed by atoms with Gasteiger partial charge in [0.1, 0.15) is 11.5 Å². The molecule has 1 unspecified atom stereocenters. The lowest BCUT2D eigenvalue weighted by Gasteiger charge is -2.21. The highest BCUT2D eigenvalue weighted by Gasteiger charge is 2.28. The number of fused-ring (bicyclic) bond motifs is 3. The average Bonchev–Trinajstić information content (AvgIpc) is 3.04. The van der Waals surface area contributed by atoms with Crippen molar-refractivity contribution in [2.24, 2.45) is 0 Å². The van der Waals surface area contributed by atoms with Crippen LogP contribution in [0.5, 0.6) is 17.4 Å². The summed E-state index contributed by atoms with van der Waals surface area (Å²) in [7, 11) is 3.25. The number of nitrogens with one attached hydrogen (secondary N) is 1. The van der Waals surface area contributed by atoms with Crippen molar-refractivity contribution in [3.63, 3.8) is 0 Å². The molecule has 0 amide bonds. The Kier molecular flexibility index (Phi) is 6.22. The number of hydrogen-bond donors (Lipinski definition) is 1. The fraction of sp³-hybridized carbons (Fsp3) is 0.192. The maximum Gasteiger partial charge on any atom is 0.247 e. The highest BCUT2D eigenvalue weighted by atomic mass is 32.2. The Balaban J connectivity index is 1.50. The molecule has 0 saturated carbocycles. The van der Waals surface area contributed by atoms with Gasteiger partial charge in [-0.25, -0.2) is 0 Å². The zero-order valence-corrected chi connectivity index (χ0v) is 19.9. The fourth-order valence-electron chi connectivity index (χ4n) is 3.72. The molecule has 0 spiro atoms. The second-order valence-corrected chi connectivity index (χ2v) is 8.76. The van der Waals surface area contributed by atoms with Gasteiger partial charge in [0.15, 0.2) is 5.69 Å². The minimum atomic E-state index is -0.546. The third-order valence-electron chi connectivity index (χ3n) is 5.55. The largest absolute Gasteiger partial charge is 0.497 e. The predicted molar refractivity (Wildman–Crippen MR) is 133 cm³/mol. The lowest BCUT2D eigenvalue weighted by molar-refractivity contribution is 0.219. The third-order valence-corrected chi connectivity index (χ3v) is 6.45. The van der Waals surface area contributed by atoms with E-state index >= 15 is 0 Å². The predicted octanol–water partition coefficient (Wildman–Crippen LogP) is 5.66. The number of rotatable bonds is 6. The molecule has 5 rings (SSSR count). The number of para-hydroxylation sites is 1. The van der Waals surface area contributed by atoms with Crippen molar-refractivity contribution in [2.45, 2.75) is 24.1 Å². The van der Waals surface area contributed by atoms with E-state index in [1.165, 1.54) is 22.9 Å². The quantitative estimate of drug-likeness (QED) is 0.360. The molecule has 2 heterocycles.